The van der Waals surface area contributed by atoms with E-state index < -0.39 is 0 Å². The second-order valence-corrected chi connectivity index (χ2v) is 3.35. The Morgan fingerprint density at radius 3 is 2.40 bits per heavy atom. The number of fused-ring (bicyclic) bond motifs is 1. The maximum atomic E-state index is 4.55. The molecule has 1 heterocycles. The molecule has 0 N–H and O–H groups in total. The summed E-state index contributed by atoms with van der Waals surface area (Å²) in [6, 6.07) is 10.6. The molecule has 1 aromatic carbocycles. The average molecular weight is 201 g/mol. The Morgan fingerprint density at radius 2 is 1.73 bits per heavy atom. The molecule has 1 heteroatoms. The molecule has 0 aliphatic carbocycles. The van der Waals surface area contributed by atoms with Crippen LogP contribution in [-0.2, 0) is 6.42 Å². The summed E-state index contributed by atoms with van der Waals surface area (Å²) in [7, 11) is 0. The van der Waals surface area contributed by atoms with Gasteiger partial charge in [-0.1, -0.05) is 39.0 Å². The average Bonchev–Trinajstić information content (AvgIpc) is 2.30. The Bertz CT molecular complexity index is 432. The molecule has 0 radical (unpaired) electrons. The molecule has 1 aromatic heterocycles. The van der Waals surface area contributed by atoms with Gasteiger partial charge in [0.2, 0.25) is 0 Å². The molecule has 0 aliphatic rings. The molecule has 0 saturated carbocycles. The van der Waals surface area contributed by atoms with Gasteiger partial charge >= 0.3 is 0 Å². The van der Waals surface area contributed by atoms with Crippen LogP contribution in [0.4, 0.5) is 0 Å². The van der Waals surface area contributed by atoms with Gasteiger partial charge in [0.25, 0.3) is 0 Å². The standard InChI is InChI=1S/C12H13N.C2H6/c1-3-11-7-6-10-5-4-9(2)8-12(10)13-11;1-2/h4-8H,3H2,1-2H3;1-2H3. The highest BCUT2D eigenvalue weighted by atomic mass is 14.7. The highest BCUT2D eigenvalue weighted by Crippen LogP contribution is 2.14. The van der Waals surface area contributed by atoms with Gasteiger partial charge in [-0.25, -0.2) is 0 Å². The smallest absolute Gasteiger partial charge is 0.0707 e. The lowest BCUT2D eigenvalue weighted by Gasteiger charge is -2.00. The van der Waals surface area contributed by atoms with Crippen molar-refractivity contribution in [1.82, 2.24) is 4.98 Å². The van der Waals surface area contributed by atoms with Gasteiger partial charge in [0, 0.05) is 11.1 Å². The number of aromatic nitrogens is 1. The lowest BCUT2D eigenvalue weighted by molar-refractivity contribution is 1.06. The number of pyridine rings is 1. The van der Waals surface area contributed by atoms with Crippen LogP contribution in [0.2, 0.25) is 0 Å². The van der Waals surface area contributed by atoms with Gasteiger partial charge in [-0.2, -0.15) is 0 Å². The molecular formula is C14H19N. The summed E-state index contributed by atoms with van der Waals surface area (Å²) in [6.07, 6.45) is 1.00. The quantitative estimate of drug-likeness (QED) is 0.676. The Labute approximate surface area is 92.2 Å². The van der Waals surface area contributed by atoms with Crippen molar-refractivity contribution in [2.24, 2.45) is 0 Å². The van der Waals surface area contributed by atoms with E-state index >= 15 is 0 Å². The van der Waals surface area contributed by atoms with Crippen LogP contribution in [0, 0.1) is 6.92 Å². The van der Waals surface area contributed by atoms with Crippen molar-refractivity contribution in [2.75, 3.05) is 0 Å². The summed E-state index contributed by atoms with van der Waals surface area (Å²) in [5, 5.41) is 1.22. The molecule has 0 amide bonds. The molecule has 0 saturated heterocycles. The zero-order valence-corrected chi connectivity index (χ0v) is 10.0. The third-order valence-corrected chi connectivity index (χ3v) is 2.27. The number of hydrogen-bond acceptors (Lipinski definition) is 1. The van der Waals surface area contributed by atoms with Crippen molar-refractivity contribution in [1.29, 1.82) is 0 Å². The highest BCUT2D eigenvalue weighted by molar-refractivity contribution is 5.79. The van der Waals surface area contributed by atoms with Crippen molar-refractivity contribution in [2.45, 2.75) is 34.1 Å². The summed E-state index contributed by atoms with van der Waals surface area (Å²) < 4.78 is 0. The fraction of sp³-hybridized carbons (Fsp3) is 0.357. The van der Waals surface area contributed by atoms with Gasteiger partial charge < -0.3 is 0 Å². The Balaban J connectivity index is 0.000000531. The summed E-state index contributed by atoms with van der Waals surface area (Å²) in [5.41, 5.74) is 3.55. The summed E-state index contributed by atoms with van der Waals surface area (Å²) >= 11 is 0. The minimum Gasteiger partial charge on any atom is -0.253 e. The van der Waals surface area contributed by atoms with E-state index in [1.54, 1.807) is 0 Å². The molecule has 0 atom stereocenters. The highest BCUT2D eigenvalue weighted by Gasteiger charge is 1.96. The van der Waals surface area contributed by atoms with Crippen molar-refractivity contribution in [3.05, 3.63) is 41.6 Å². The Kier molecular flexibility index (Phi) is 4.29. The van der Waals surface area contributed by atoms with Gasteiger partial charge in [-0.15, -0.1) is 0 Å². The molecule has 2 aromatic rings. The topological polar surface area (TPSA) is 12.9 Å². The van der Waals surface area contributed by atoms with Gasteiger partial charge in [-0.3, -0.25) is 4.98 Å². The molecule has 1 nitrogen and oxygen atoms in total. The molecular weight excluding hydrogens is 182 g/mol. The molecule has 0 aliphatic heterocycles. The summed E-state index contributed by atoms with van der Waals surface area (Å²) in [5.74, 6) is 0. The lowest BCUT2D eigenvalue weighted by atomic mass is 10.1. The number of hydrogen-bond donors (Lipinski definition) is 0. The first kappa shape index (κ1) is 11.7. The van der Waals surface area contributed by atoms with Crippen LogP contribution in [0.25, 0.3) is 10.9 Å². The van der Waals surface area contributed by atoms with E-state index in [0.717, 1.165) is 17.6 Å². The van der Waals surface area contributed by atoms with E-state index in [0.29, 0.717) is 0 Å². The second kappa shape index (κ2) is 5.50. The van der Waals surface area contributed by atoms with Gasteiger partial charge in [0.05, 0.1) is 5.52 Å². The van der Waals surface area contributed by atoms with Gasteiger partial charge in [-0.05, 0) is 31.0 Å². The van der Waals surface area contributed by atoms with Crippen LogP contribution < -0.4 is 0 Å². The van der Waals surface area contributed by atoms with Crippen LogP contribution in [-0.4, -0.2) is 4.98 Å². The minimum absolute atomic E-state index is 1.00. The van der Waals surface area contributed by atoms with E-state index in [-0.39, 0.29) is 0 Å². The van der Waals surface area contributed by atoms with Crippen molar-refractivity contribution in [3.63, 3.8) is 0 Å². The number of aryl methyl sites for hydroxylation is 2. The largest absolute Gasteiger partial charge is 0.253 e. The summed E-state index contributed by atoms with van der Waals surface area (Å²) in [4.78, 5) is 4.55. The monoisotopic (exact) mass is 201 g/mol. The molecule has 0 spiro atoms. The lowest BCUT2D eigenvalue weighted by Crippen LogP contribution is -1.87. The van der Waals surface area contributed by atoms with Crippen LogP contribution in [0.3, 0.4) is 0 Å². The second-order valence-electron chi connectivity index (χ2n) is 3.35. The van der Waals surface area contributed by atoms with Gasteiger partial charge in [0.1, 0.15) is 0 Å². The fourth-order valence-electron chi connectivity index (χ4n) is 1.47. The third kappa shape index (κ3) is 2.79. The van der Waals surface area contributed by atoms with Crippen LogP contribution >= 0.6 is 0 Å². The fourth-order valence-corrected chi connectivity index (χ4v) is 1.47. The first-order valence-corrected chi connectivity index (χ1v) is 5.66. The SMILES string of the molecule is CC.CCc1ccc2ccc(C)cc2n1. The van der Waals surface area contributed by atoms with E-state index in [1.165, 1.54) is 10.9 Å². The molecule has 0 fully saturated rings. The Hall–Kier alpha value is -1.37. The van der Waals surface area contributed by atoms with Crippen molar-refractivity contribution >= 4 is 10.9 Å². The predicted molar refractivity (Wildman–Crippen MR) is 67.2 cm³/mol. The molecule has 2 rings (SSSR count). The third-order valence-electron chi connectivity index (χ3n) is 2.27. The first-order chi connectivity index (χ1) is 7.29. The number of nitrogens with zero attached hydrogens (tertiary/aromatic N) is 1. The van der Waals surface area contributed by atoms with E-state index in [4.69, 9.17) is 0 Å². The Morgan fingerprint density at radius 1 is 1.07 bits per heavy atom. The van der Waals surface area contributed by atoms with E-state index in [9.17, 15) is 0 Å². The molecule has 80 valence electrons. The molecule has 15 heavy (non-hydrogen) atoms. The van der Waals surface area contributed by atoms with Crippen molar-refractivity contribution in [3.8, 4) is 0 Å². The van der Waals surface area contributed by atoms with E-state index in [2.05, 4.69) is 49.2 Å². The zero-order chi connectivity index (χ0) is 11.3. The number of rotatable bonds is 1. The first-order valence-electron chi connectivity index (χ1n) is 5.66. The van der Waals surface area contributed by atoms with Crippen LogP contribution in [0.5, 0.6) is 0 Å². The van der Waals surface area contributed by atoms with E-state index in [1.807, 2.05) is 13.8 Å². The molecule has 0 bridgehead atoms. The number of benzene rings is 1. The van der Waals surface area contributed by atoms with Gasteiger partial charge in [0.15, 0.2) is 0 Å². The maximum Gasteiger partial charge on any atom is 0.0707 e. The zero-order valence-electron chi connectivity index (χ0n) is 10.0. The van der Waals surface area contributed by atoms with Crippen LogP contribution in [0.15, 0.2) is 30.3 Å². The normalized spacial score (nSPS) is 9.60. The van der Waals surface area contributed by atoms with Crippen molar-refractivity contribution < 1.29 is 0 Å². The maximum absolute atomic E-state index is 4.55. The summed E-state index contributed by atoms with van der Waals surface area (Å²) in [6.45, 7) is 8.23. The predicted octanol–water partition coefficient (Wildman–Crippen LogP) is 4.13. The molecule has 0 unspecified atom stereocenters. The van der Waals surface area contributed by atoms with Crippen LogP contribution in [0.1, 0.15) is 32.0 Å². The minimum atomic E-state index is 1.00.